The summed E-state index contributed by atoms with van der Waals surface area (Å²) in [5.41, 5.74) is 1.17. The van der Waals surface area contributed by atoms with Gasteiger partial charge in [0.25, 0.3) is 0 Å². The highest BCUT2D eigenvalue weighted by Crippen LogP contribution is 2.31. The number of benzene rings is 1. The first-order valence-corrected chi connectivity index (χ1v) is 12.3. The number of esters is 1. The van der Waals surface area contributed by atoms with E-state index in [1.807, 2.05) is 24.8 Å². The normalized spacial score (nSPS) is 14.2. The maximum Gasteiger partial charge on any atom is 0.417 e. The molecule has 1 saturated heterocycles. The van der Waals surface area contributed by atoms with Crippen molar-refractivity contribution >= 4 is 28.3 Å². The van der Waals surface area contributed by atoms with Crippen molar-refractivity contribution in [3.63, 3.8) is 0 Å². The van der Waals surface area contributed by atoms with Crippen LogP contribution in [0.15, 0.2) is 36.5 Å². The maximum atomic E-state index is 12.8. The molecule has 7 nitrogen and oxygen atoms in total. The summed E-state index contributed by atoms with van der Waals surface area (Å²) in [5.74, 6) is 1.27. The van der Waals surface area contributed by atoms with Crippen LogP contribution in [0.1, 0.15) is 28.6 Å². The summed E-state index contributed by atoms with van der Waals surface area (Å²) < 4.78 is 49.4. The van der Waals surface area contributed by atoms with Gasteiger partial charge in [0.15, 0.2) is 5.13 Å². The molecule has 1 aliphatic rings. The lowest BCUT2D eigenvalue weighted by molar-refractivity contribution is -0.137. The summed E-state index contributed by atoms with van der Waals surface area (Å²) in [7, 11) is 0. The quantitative estimate of drug-likeness (QED) is 0.319. The van der Waals surface area contributed by atoms with Crippen molar-refractivity contribution in [3.8, 4) is 11.5 Å². The summed E-state index contributed by atoms with van der Waals surface area (Å²) in [6.07, 6.45) is -2.87. The van der Waals surface area contributed by atoms with Crippen molar-refractivity contribution in [1.82, 2.24) is 9.97 Å². The molecule has 0 radical (unpaired) electrons. The molecule has 0 N–H and O–H groups in total. The Hall–Kier alpha value is -3.34. The number of rotatable bonds is 7. The number of thiazole rings is 1. The van der Waals surface area contributed by atoms with Crippen LogP contribution in [0, 0.1) is 13.8 Å². The number of aromatic nitrogens is 2. The SMILES string of the molecule is CC(=O)Oc1ccc(C)c(OCCc2nc(N3CCN(c4ccc(C(F)(F)F)cn4)CC3)sc2C)c1. The van der Waals surface area contributed by atoms with Crippen LogP contribution in [0.5, 0.6) is 11.5 Å². The molecule has 4 rings (SSSR count). The number of hydrogen-bond donors (Lipinski definition) is 0. The van der Waals surface area contributed by atoms with Gasteiger partial charge in [0.05, 0.1) is 17.9 Å². The highest BCUT2D eigenvalue weighted by Gasteiger charge is 2.31. The second-order valence-corrected chi connectivity index (χ2v) is 9.68. The molecule has 0 atom stereocenters. The molecular formula is C25H27F3N4O3S. The molecule has 0 amide bonds. The molecule has 192 valence electrons. The van der Waals surface area contributed by atoms with Gasteiger partial charge < -0.3 is 19.3 Å². The number of aryl methyl sites for hydroxylation is 2. The fraction of sp³-hybridized carbons (Fsp3) is 0.400. The van der Waals surface area contributed by atoms with E-state index < -0.39 is 11.7 Å². The summed E-state index contributed by atoms with van der Waals surface area (Å²) in [4.78, 5) is 25.3. The van der Waals surface area contributed by atoms with Gasteiger partial charge in [-0.15, -0.1) is 11.3 Å². The molecule has 3 heterocycles. The Kier molecular flexibility index (Phi) is 7.67. The van der Waals surface area contributed by atoms with E-state index in [1.165, 1.54) is 13.0 Å². The van der Waals surface area contributed by atoms with Gasteiger partial charge in [0, 0.05) is 56.7 Å². The molecule has 1 aromatic carbocycles. The molecule has 0 unspecified atom stereocenters. The molecule has 0 bridgehead atoms. The Bertz CT molecular complexity index is 1210. The third-order valence-corrected chi connectivity index (χ3v) is 6.92. The van der Waals surface area contributed by atoms with Crippen LogP contribution in [-0.2, 0) is 17.4 Å². The molecule has 1 aliphatic heterocycles. The van der Waals surface area contributed by atoms with E-state index in [9.17, 15) is 18.0 Å². The minimum Gasteiger partial charge on any atom is -0.493 e. The van der Waals surface area contributed by atoms with Crippen LogP contribution in [-0.4, -0.2) is 48.7 Å². The topological polar surface area (TPSA) is 67.8 Å². The van der Waals surface area contributed by atoms with E-state index >= 15 is 0 Å². The summed E-state index contributed by atoms with van der Waals surface area (Å²) in [6.45, 7) is 8.45. The van der Waals surface area contributed by atoms with Crippen LogP contribution < -0.4 is 19.3 Å². The summed E-state index contributed by atoms with van der Waals surface area (Å²) in [6, 6.07) is 7.78. The van der Waals surface area contributed by atoms with Gasteiger partial charge in [0.2, 0.25) is 0 Å². The van der Waals surface area contributed by atoms with E-state index in [2.05, 4.69) is 9.88 Å². The number of alkyl halides is 3. The number of ether oxygens (including phenoxy) is 2. The minimum absolute atomic E-state index is 0.383. The Morgan fingerprint density at radius 2 is 1.81 bits per heavy atom. The number of nitrogens with zero attached hydrogens (tertiary/aromatic N) is 4. The molecule has 1 fully saturated rings. The van der Waals surface area contributed by atoms with E-state index in [0.29, 0.717) is 56.5 Å². The number of halogens is 3. The monoisotopic (exact) mass is 520 g/mol. The number of carbonyl (C=O) groups is 1. The first-order chi connectivity index (χ1) is 17.1. The van der Waals surface area contributed by atoms with Crippen LogP contribution in [0.4, 0.5) is 24.1 Å². The Morgan fingerprint density at radius 1 is 1.08 bits per heavy atom. The smallest absolute Gasteiger partial charge is 0.417 e. The fourth-order valence-corrected chi connectivity index (χ4v) is 4.88. The third-order valence-electron chi connectivity index (χ3n) is 5.85. The first kappa shape index (κ1) is 25.7. The number of anilines is 2. The number of pyridine rings is 1. The summed E-state index contributed by atoms with van der Waals surface area (Å²) in [5, 5.41) is 0.926. The van der Waals surface area contributed by atoms with Gasteiger partial charge in [0.1, 0.15) is 17.3 Å². The molecular weight excluding hydrogens is 493 g/mol. The summed E-state index contributed by atoms with van der Waals surface area (Å²) >= 11 is 1.62. The van der Waals surface area contributed by atoms with E-state index in [0.717, 1.165) is 33.5 Å². The van der Waals surface area contributed by atoms with Crippen LogP contribution in [0.25, 0.3) is 0 Å². The van der Waals surface area contributed by atoms with Gasteiger partial charge in [-0.2, -0.15) is 13.2 Å². The standard InChI is InChI=1S/C25H27F3N4O3S/c1-16-4-6-20(35-18(3)33)14-22(16)34-13-8-21-17(2)36-24(30-21)32-11-9-31(10-12-32)23-7-5-19(15-29-23)25(26,27)28/h4-7,14-15H,8-13H2,1-3H3. The lowest BCUT2D eigenvalue weighted by Gasteiger charge is -2.35. The zero-order chi connectivity index (χ0) is 25.9. The molecule has 0 aliphatic carbocycles. The molecule has 11 heteroatoms. The zero-order valence-electron chi connectivity index (χ0n) is 20.3. The van der Waals surface area contributed by atoms with Gasteiger partial charge >= 0.3 is 12.1 Å². The van der Waals surface area contributed by atoms with Gasteiger partial charge in [-0.3, -0.25) is 4.79 Å². The van der Waals surface area contributed by atoms with Crippen molar-refractivity contribution in [2.24, 2.45) is 0 Å². The fourth-order valence-electron chi connectivity index (χ4n) is 3.87. The molecule has 3 aromatic rings. The maximum absolute atomic E-state index is 12.8. The van der Waals surface area contributed by atoms with E-state index in [1.54, 1.807) is 23.5 Å². The predicted octanol–water partition coefficient (Wildman–Crippen LogP) is 5.05. The number of carbonyl (C=O) groups excluding carboxylic acids is 1. The van der Waals surface area contributed by atoms with Gasteiger partial charge in [-0.05, 0) is 37.6 Å². The van der Waals surface area contributed by atoms with Crippen molar-refractivity contribution < 1.29 is 27.4 Å². The molecule has 0 spiro atoms. The predicted molar refractivity (Wildman–Crippen MR) is 132 cm³/mol. The highest BCUT2D eigenvalue weighted by atomic mass is 32.1. The average Bonchev–Trinajstić information content (AvgIpc) is 3.21. The molecule has 2 aromatic heterocycles. The van der Waals surface area contributed by atoms with Crippen molar-refractivity contribution in [2.75, 3.05) is 42.6 Å². The molecule has 36 heavy (non-hydrogen) atoms. The highest BCUT2D eigenvalue weighted by molar-refractivity contribution is 7.15. The minimum atomic E-state index is -4.39. The van der Waals surface area contributed by atoms with Gasteiger partial charge in [-0.25, -0.2) is 9.97 Å². The Balaban J connectivity index is 1.31. The third kappa shape index (κ3) is 6.26. The second kappa shape index (κ2) is 10.7. The van der Waals surface area contributed by atoms with Crippen molar-refractivity contribution in [2.45, 2.75) is 33.4 Å². The lowest BCUT2D eigenvalue weighted by atomic mass is 10.2. The molecule has 0 saturated carbocycles. The number of piperazine rings is 1. The van der Waals surface area contributed by atoms with Crippen molar-refractivity contribution in [3.05, 3.63) is 58.2 Å². The van der Waals surface area contributed by atoms with Crippen LogP contribution >= 0.6 is 11.3 Å². The van der Waals surface area contributed by atoms with E-state index in [4.69, 9.17) is 14.5 Å². The Labute approximate surface area is 211 Å². The second-order valence-electron chi connectivity index (χ2n) is 8.50. The van der Waals surface area contributed by atoms with E-state index in [-0.39, 0.29) is 5.97 Å². The van der Waals surface area contributed by atoms with Gasteiger partial charge in [-0.1, -0.05) is 6.07 Å². The Morgan fingerprint density at radius 3 is 2.44 bits per heavy atom. The zero-order valence-corrected chi connectivity index (χ0v) is 21.1. The average molecular weight is 521 g/mol. The number of hydrogen-bond acceptors (Lipinski definition) is 8. The van der Waals surface area contributed by atoms with Crippen LogP contribution in [0.3, 0.4) is 0 Å². The van der Waals surface area contributed by atoms with Crippen LogP contribution in [0.2, 0.25) is 0 Å². The largest absolute Gasteiger partial charge is 0.493 e. The van der Waals surface area contributed by atoms with Crippen molar-refractivity contribution in [1.29, 1.82) is 0 Å². The lowest BCUT2D eigenvalue weighted by Crippen LogP contribution is -2.46. The first-order valence-electron chi connectivity index (χ1n) is 11.5.